The minimum absolute atomic E-state index is 0.508. The van der Waals surface area contributed by atoms with Gasteiger partial charge in [0.15, 0.2) is 0 Å². The molecule has 18 heavy (non-hydrogen) atoms. The third kappa shape index (κ3) is 3.98. The zero-order chi connectivity index (χ0) is 12.8. The van der Waals surface area contributed by atoms with Gasteiger partial charge in [-0.3, -0.25) is 0 Å². The van der Waals surface area contributed by atoms with Crippen molar-refractivity contribution in [3.63, 3.8) is 0 Å². The fourth-order valence-electron chi connectivity index (χ4n) is 2.35. The minimum Gasteiger partial charge on any atom is -0.357 e. The molecule has 1 fully saturated rings. The molecule has 1 saturated heterocycles. The van der Waals surface area contributed by atoms with Crippen LogP contribution in [-0.2, 0) is 6.54 Å². The molecule has 3 heteroatoms. The summed E-state index contributed by atoms with van der Waals surface area (Å²) in [7, 11) is 0. The van der Waals surface area contributed by atoms with Crippen molar-refractivity contribution < 1.29 is 0 Å². The summed E-state index contributed by atoms with van der Waals surface area (Å²) < 4.78 is 0. The summed E-state index contributed by atoms with van der Waals surface area (Å²) >= 11 is 0. The molecule has 0 bridgehead atoms. The molecule has 0 spiro atoms. The number of hydrogen-bond acceptors (Lipinski definition) is 3. The van der Waals surface area contributed by atoms with Crippen LogP contribution in [-0.4, -0.2) is 24.1 Å². The molecule has 1 N–H and O–H groups in total. The van der Waals surface area contributed by atoms with Crippen molar-refractivity contribution in [1.29, 1.82) is 0 Å². The zero-order valence-electron chi connectivity index (χ0n) is 11.7. The van der Waals surface area contributed by atoms with Crippen molar-refractivity contribution in [3.8, 4) is 0 Å². The number of nitrogens with one attached hydrogen (secondary N) is 1. The van der Waals surface area contributed by atoms with Crippen LogP contribution in [0.2, 0.25) is 0 Å². The Labute approximate surface area is 111 Å². The van der Waals surface area contributed by atoms with Gasteiger partial charge in [0.05, 0.1) is 5.69 Å². The molecular weight excluding hydrogens is 222 g/mol. The van der Waals surface area contributed by atoms with Gasteiger partial charge in [-0.15, -0.1) is 0 Å². The smallest absolute Gasteiger partial charge is 0.128 e. The number of rotatable bonds is 4. The van der Waals surface area contributed by atoms with E-state index in [1.165, 1.54) is 25.7 Å². The molecule has 1 aliphatic rings. The number of anilines is 1. The van der Waals surface area contributed by atoms with E-state index in [0.29, 0.717) is 6.04 Å². The highest BCUT2D eigenvalue weighted by molar-refractivity contribution is 5.39. The quantitative estimate of drug-likeness (QED) is 0.886. The first-order valence-corrected chi connectivity index (χ1v) is 7.20. The van der Waals surface area contributed by atoms with Gasteiger partial charge in [-0.1, -0.05) is 32.8 Å². The largest absolute Gasteiger partial charge is 0.357 e. The van der Waals surface area contributed by atoms with Gasteiger partial charge in [0.25, 0.3) is 0 Å². The van der Waals surface area contributed by atoms with E-state index in [0.717, 1.165) is 31.1 Å². The molecule has 2 heterocycles. The predicted octanol–water partition coefficient (Wildman–Crippen LogP) is 2.96. The summed E-state index contributed by atoms with van der Waals surface area (Å²) in [6, 6.07) is 6.89. The van der Waals surface area contributed by atoms with E-state index in [9.17, 15) is 0 Å². The number of nitrogens with zero attached hydrogens (tertiary/aromatic N) is 2. The van der Waals surface area contributed by atoms with Gasteiger partial charge in [-0.05, 0) is 25.0 Å². The second-order valence-electron chi connectivity index (χ2n) is 5.42. The maximum atomic E-state index is 4.77. The molecule has 0 atom stereocenters. The Morgan fingerprint density at radius 3 is 2.56 bits per heavy atom. The Balaban J connectivity index is 2.01. The second-order valence-corrected chi connectivity index (χ2v) is 5.42. The zero-order valence-corrected chi connectivity index (χ0v) is 11.7. The normalized spacial score (nSPS) is 16.9. The third-order valence-corrected chi connectivity index (χ3v) is 3.41. The first kappa shape index (κ1) is 13.3. The summed E-state index contributed by atoms with van der Waals surface area (Å²) in [5.74, 6) is 1.15. The first-order chi connectivity index (χ1) is 8.75. The summed E-state index contributed by atoms with van der Waals surface area (Å²) in [5, 5.41) is 3.42. The number of aromatic nitrogens is 1. The van der Waals surface area contributed by atoms with E-state index >= 15 is 0 Å². The molecule has 0 saturated carbocycles. The molecule has 0 aliphatic carbocycles. The average molecular weight is 247 g/mol. The van der Waals surface area contributed by atoms with Gasteiger partial charge in [0.1, 0.15) is 5.82 Å². The molecule has 1 aromatic heterocycles. The van der Waals surface area contributed by atoms with Crippen LogP contribution in [0.1, 0.15) is 45.2 Å². The van der Waals surface area contributed by atoms with Crippen LogP contribution in [0.25, 0.3) is 0 Å². The summed E-state index contributed by atoms with van der Waals surface area (Å²) in [4.78, 5) is 7.21. The van der Waals surface area contributed by atoms with E-state index in [4.69, 9.17) is 4.98 Å². The molecular formula is C15H25N3. The lowest BCUT2D eigenvalue weighted by Crippen LogP contribution is -2.26. The predicted molar refractivity (Wildman–Crippen MR) is 76.9 cm³/mol. The first-order valence-electron chi connectivity index (χ1n) is 7.20. The SMILES string of the molecule is CC(C)NCc1cccc(N2CCCCCC2)n1. The highest BCUT2D eigenvalue weighted by Gasteiger charge is 2.11. The summed E-state index contributed by atoms with van der Waals surface area (Å²) in [6.07, 6.45) is 5.34. The van der Waals surface area contributed by atoms with Gasteiger partial charge < -0.3 is 10.2 Å². The van der Waals surface area contributed by atoms with Gasteiger partial charge >= 0.3 is 0 Å². The second kappa shape index (κ2) is 6.74. The summed E-state index contributed by atoms with van der Waals surface area (Å²) in [5.41, 5.74) is 1.14. The fraction of sp³-hybridized carbons (Fsp3) is 0.667. The highest BCUT2D eigenvalue weighted by atomic mass is 15.2. The van der Waals surface area contributed by atoms with E-state index in [1.54, 1.807) is 0 Å². The van der Waals surface area contributed by atoms with Crippen molar-refractivity contribution in [2.45, 2.75) is 52.1 Å². The molecule has 0 radical (unpaired) electrons. The van der Waals surface area contributed by atoms with Gasteiger partial charge in [-0.25, -0.2) is 4.98 Å². The Morgan fingerprint density at radius 1 is 1.17 bits per heavy atom. The molecule has 1 aromatic rings. The monoisotopic (exact) mass is 247 g/mol. The van der Waals surface area contributed by atoms with Crippen molar-refractivity contribution in [2.24, 2.45) is 0 Å². The highest BCUT2D eigenvalue weighted by Crippen LogP contribution is 2.17. The van der Waals surface area contributed by atoms with Crippen LogP contribution in [0.4, 0.5) is 5.82 Å². The summed E-state index contributed by atoms with van der Waals surface area (Å²) in [6.45, 7) is 7.51. The van der Waals surface area contributed by atoms with Crippen LogP contribution in [0.5, 0.6) is 0 Å². The standard InChI is InChI=1S/C15H25N3/c1-13(2)16-12-14-8-7-9-15(17-14)18-10-5-3-4-6-11-18/h7-9,13,16H,3-6,10-12H2,1-2H3. The Kier molecular flexibility index (Phi) is 5.00. The molecule has 0 unspecified atom stereocenters. The van der Waals surface area contributed by atoms with Crippen molar-refractivity contribution in [2.75, 3.05) is 18.0 Å². The maximum Gasteiger partial charge on any atom is 0.128 e. The third-order valence-electron chi connectivity index (χ3n) is 3.41. The maximum absolute atomic E-state index is 4.77. The van der Waals surface area contributed by atoms with Crippen molar-refractivity contribution in [3.05, 3.63) is 23.9 Å². The molecule has 2 rings (SSSR count). The Hall–Kier alpha value is -1.09. The Bertz CT molecular complexity index is 355. The van der Waals surface area contributed by atoms with Gasteiger partial charge in [0, 0.05) is 25.7 Å². The molecule has 0 amide bonds. The number of hydrogen-bond donors (Lipinski definition) is 1. The van der Waals surface area contributed by atoms with Crippen molar-refractivity contribution in [1.82, 2.24) is 10.3 Å². The average Bonchev–Trinajstić information content (AvgIpc) is 2.65. The van der Waals surface area contributed by atoms with Crippen molar-refractivity contribution >= 4 is 5.82 Å². The molecule has 100 valence electrons. The topological polar surface area (TPSA) is 28.2 Å². The van der Waals surface area contributed by atoms with Gasteiger partial charge in [-0.2, -0.15) is 0 Å². The van der Waals surface area contributed by atoms with E-state index in [-0.39, 0.29) is 0 Å². The lowest BCUT2D eigenvalue weighted by atomic mass is 10.2. The molecule has 0 aromatic carbocycles. The Morgan fingerprint density at radius 2 is 1.89 bits per heavy atom. The van der Waals surface area contributed by atoms with E-state index in [1.807, 2.05) is 0 Å². The van der Waals surface area contributed by atoms with Gasteiger partial charge in [0.2, 0.25) is 0 Å². The van der Waals surface area contributed by atoms with Crippen LogP contribution >= 0.6 is 0 Å². The van der Waals surface area contributed by atoms with E-state index < -0.39 is 0 Å². The van der Waals surface area contributed by atoms with Crippen LogP contribution < -0.4 is 10.2 Å². The van der Waals surface area contributed by atoms with Crippen LogP contribution in [0, 0.1) is 0 Å². The number of pyridine rings is 1. The molecule has 3 nitrogen and oxygen atoms in total. The van der Waals surface area contributed by atoms with E-state index in [2.05, 4.69) is 42.3 Å². The van der Waals surface area contributed by atoms with Crippen LogP contribution in [0.15, 0.2) is 18.2 Å². The lowest BCUT2D eigenvalue weighted by Gasteiger charge is -2.22. The minimum atomic E-state index is 0.508. The van der Waals surface area contributed by atoms with Crippen LogP contribution in [0.3, 0.4) is 0 Å². The fourth-order valence-corrected chi connectivity index (χ4v) is 2.35. The molecule has 1 aliphatic heterocycles. The lowest BCUT2D eigenvalue weighted by molar-refractivity contribution is 0.581.